The van der Waals surface area contributed by atoms with Gasteiger partial charge in [-0.15, -0.1) is 0 Å². The number of carbonyl (C=O) groups is 2. The van der Waals surface area contributed by atoms with Gasteiger partial charge in [0.25, 0.3) is 11.5 Å². The van der Waals surface area contributed by atoms with Gasteiger partial charge in [0.15, 0.2) is 16.3 Å². The van der Waals surface area contributed by atoms with Gasteiger partial charge in [0, 0.05) is 12.6 Å². The summed E-state index contributed by atoms with van der Waals surface area (Å²) < 4.78 is 23.6. The Hall–Kier alpha value is -4.38. The van der Waals surface area contributed by atoms with Crippen molar-refractivity contribution < 1.29 is 28.5 Å². The van der Waals surface area contributed by atoms with Gasteiger partial charge in [-0.2, -0.15) is 0 Å². The van der Waals surface area contributed by atoms with E-state index in [1.165, 1.54) is 30.8 Å². The van der Waals surface area contributed by atoms with Gasteiger partial charge in [-0.1, -0.05) is 29.5 Å². The first-order valence-corrected chi connectivity index (χ1v) is 13.0. The fraction of sp³-hybridized carbons (Fsp3) is 0.286. The second-order valence-corrected chi connectivity index (χ2v) is 9.82. The minimum atomic E-state index is -0.923. The first kappa shape index (κ1) is 26.2. The fourth-order valence-electron chi connectivity index (χ4n) is 5.01. The van der Waals surface area contributed by atoms with Gasteiger partial charge in [-0.05, 0) is 37.6 Å². The van der Waals surface area contributed by atoms with Crippen LogP contribution < -0.4 is 34.0 Å². The number of anilines is 1. The second-order valence-electron chi connectivity index (χ2n) is 8.84. The third-order valence-electron chi connectivity index (χ3n) is 6.78. The van der Waals surface area contributed by atoms with Gasteiger partial charge in [0.2, 0.25) is 5.75 Å². The Kier molecular flexibility index (Phi) is 6.77. The zero-order valence-electron chi connectivity index (χ0n) is 22.4. The number of para-hydroxylation sites is 1. The number of esters is 1. The van der Waals surface area contributed by atoms with E-state index >= 15 is 0 Å². The van der Waals surface area contributed by atoms with Gasteiger partial charge in [0.1, 0.15) is 4.53 Å². The maximum absolute atomic E-state index is 14.2. The summed E-state index contributed by atoms with van der Waals surface area (Å²) in [6.07, 6.45) is 0. The summed E-state index contributed by atoms with van der Waals surface area (Å²) in [7, 11) is 6.14. The molecule has 3 aromatic rings. The molecule has 0 fully saturated rings. The van der Waals surface area contributed by atoms with E-state index in [2.05, 4.69) is 4.99 Å². The number of likely N-dealkylation sites (N-methyl/N-ethyl adjacent to an activating group) is 1. The minimum absolute atomic E-state index is 0.143. The smallest absolute Gasteiger partial charge is 0.338 e. The predicted molar refractivity (Wildman–Crippen MR) is 145 cm³/mol. The first-order valence-electron chi connectivity index (χ1n) is 12.2. The van der Waals surface area contributed by atoms with Crippen LogP contribution >= 0.6 is 11.3 Å². The van der Waals surface area contributed by atoms with Gasteiger partial charge < -0.3 is 23.8 Å². The van der Waals surface area contributed by atoms with Crippen LogP contribution in [-0.2, 0) is 14.3 Å². The summed E-state index contributed by atoms with van der Waals surface area (Å²) in [5, 5.41) is 0. The largest absolute Gasteiger partial charge is 0.493 e. The fourth-order valence-corrected chi connectivity index (χ4v) is 6.14. The molecule has 11 heteroatoms. The number of rotatable bonds is 6. The van der Waals surface area contributed by atoms with E-state index in [0.29, 0.717) is 50.1 Å². The third kappa shape index (κ3) is 4.00. The number of benzene rings is 2. The number of carbonyl (C=O) groups excluding carboxylic acids is 2. The molecule has 2 aromatic carbocycles. The Labute approximate surface area is 228 Å². The third-order valence-corrected chi connectivity index (χ3v) is 7.83. The predicted octanol–water partition coefficient (Wildman–Crippen LogP) is 2.17. The van der Waals surface area contributed by atoms with E-state index in [0.717, 1.165) is 11.3 Å². The van der Waals surface area contributed by atoms with E-state index in [-0.39, 0.29) is 22.6 Å². The number of thiazole rings is 1. The van der Waals surface area contributed by atoms with E-state index in [1.54, 1.807) is 33.0 Å². The maximum Gasteiger partial charge on any atom is 0.338 e. The molecule has 0 spiro atoms. The van der Waals surface area contributed by atoms with Crippen molar-refractivity contribution in [1.82, 2.24) is 4.57 Å². The average molecular weight is 550 g/mol. The molecule has 5 rings (SSSR count). The number of amides is 1. The second kappa shape index (κ2) is 10.1. The molecule has 0 saturated heterocycles. The Balaban J connectivity index is 1.86. The van der Waals surface area contributed by atoms with Crippen molar-refractivity contribution >= 4 is 34.5 Å². The Morgan fingerprint density at radius 1 is 1.05 bits per heavy atom. The van der Waals surface area contributed by atoms with Crippen LogP contribution in [0, 0.1) is 0 Å². The Bertz CT molecular complexity index is 1710. The molecule has 2 aliphatic heterocycles. The molecule has 2 aliphatic rings. The number of allylic oxidation sites excluding steroid dienone is 1. The highest BCUT2D eigenvalue weighted by Crippen LogP contribution is 2.42. The molecule has 0 aliphatic carbocycles. The highest BCUT2D eigenvalue weighted by atomic mass is 32.1. The van der Waals surface area contributed by atoms with Crippen molar-refractivity contribution in [2.75, 3.05) is 39.9 Å². The number of hydrogen-bond acceptors (Lipinski definition) is 9. The normalized spacial score (nSPS) is 17.4. The molecule has 39 heavy (non-hydrogen) atoms. The van der Waals surface area contributed by atoms with Gasteiger partial charge >= 0.3 is 5.97 Å². The summed E-state index contributed by atoms with van der Waals surface area (Å²) >= 11 is 1.11. The zero-order chi connectivity index (χ0) is 28.0. The van der Waals surface area contributed by atoms with E-state index in [4.69, 9.17) is 18.9 Å². The Morgan fingerprint density at radius 3 is 2.33 bits per heavy atom. The van der Waals surface area contributed by atoms with Crippen molar-refractivity contribution in [3.8, 4) is 17.2 Å². The first-order chi connectivity index (χ1) is 18.8. The highest BCUT2D eigenvalue weighted by molar-refractivity contribution is 7.07. The molecule has 10 nitrogen and oxygen atoms in total. The standard InChI is InChI=1S/C28H27N3O7S/c1-7-38-27(34)20-14(2)29-28-31(22(20)15-12-18(35-4)23(37-6)19(13-15)36-5)26(33)24(39-28)21-16-10-8-9-11-17(16)30(3)25(21)32/h8-13,22H,7H2,1-6H3/b24-21-/t22-/m0/s1. The number of aromatic nitrogens is 1. The minimum Gasteiger partial charge on any atom is -0.493 e. The van der Waals surface area contributed by atoms with Gasteiger partial charge in [-0.3, -0.25) is 14.2 Å². The summed E-state index contributed by atoms with van der Waals surface area (Å²) in [4.78, 5) is 47.2. The van der Waals surface area contributed by atoms with E-state index in [1.807, 2.05) is 24.3 Å². The number of fused-ring (bicyclic) bond motifs is 2. The lowest BCUT2D eigenvalue weighted by Gasteiger charge is -2.26. The summed E-state index contributed by atoms with van der Waals surface area (Å²) in [5.74, 6) is 0.199. The summed E-state index contributed by atoms with van der Waals surface area (Å²) in [6.45, 7) is 3.55. The monoisotopic (exact) mass is 549 g/mol. The molecule has 1 amide bonds. The average Bonchev–Trinajstić information content (AvgIpc) is 3.38. The van der Waals surface area contributed by atoms with Crippen molar-refractivity contribution in [3.63, 3.8) is 0 Å². The quantitative estimate of drug-likeness (QED) is 0.434. The van der Waals surface area contributed by atoms with Gasteiger partial charge in [-0.25, -0.2) is 9.79 Å². The molecule has 1 aromatic heterocycles. The molecular formula is C28H27N3O7S. The van der Waals surface area contributed by atoms with E-state index < -0.39 is 17.6 Å². The van der Waals surface area contributed by atoms with Crippen molar-refractivity contribution in [1.29, 1.82) is 0 Å². The van der Waals surface area contributed by atoms with E-state index in [9.17, 15) is 14.4 Å². The summed E-state index contributed by atoms with van der Waals surface area (Å²) in [5.41, 5.74) is 2.37. The molecule has 0 radical (unpaired) electrons. The molecule has 0 N–H and O–H groups in total. The van der Waals surface area contributed by atoms with Crippen LogP contribution in [0.25, 0.3) is 5.57 Å². The molecule has 0 unspecified atom stereocenters. The molecule has 3 heterocycles. The molecule has 202 valence electrons. The lowest BCUT2D eigenvalue weighted by Crippen LogP contribution is -2.40. The number of hydrogen-bond donors (Lipinski definition) is 0. The van der Waals surface area contributed by atoms with Crippen LogP contribution in [0.4, 0.5) is 5.69 Å². The molecule has 0 saturated carbocycles. The van der Waals surface area contributed by atoms with Gasteiger partial charge in [0.05, 0.1) is 56.5 Å². The van der Waals surface area contributed by atoms with Crippen LogP contribution in [-0.4, -0.2) is 51.4 Å². The van der Waals surface area contributed by atoms with Crippen molar-refractivity contribution in [2.24, 2.45) is 4.99 Å². The zero-order valence-corrected chi connectivity index (χ0v) is 23.2. The Morgan fingerprint density at radius 2 is 1.72 bits per heavy atom. The SMILES string of the molecule is CCOC(=O)C1=C(C)N=c2s/c(=C3\C(=O)N(C)c4ccccc43)c(=O)n2[C@H]1c1cc(OC)c(OC)c(OC)c1. The van der Waals surface area contributed by atoms with Crippen LogP contribution in [0.1, 0.15) is 31.0 Å². The van der Waals surface area contributed by atoms with Crippen molar-refractivity contribution in [2.45, 2.75) is 19.9 Å². The molecule has 0 bridgehead atoms. The van der Waals surface area contributed by atoms with Crippen LogP contribution in [0.15, 0.2) is 57.5 Å². The van der Waals surface area contributed by atoms with Crippen LogP contribution in [0.5, 0.6) is 17.2 Å². The topological polar surface area (TPSA) is 109 Å². The number of nitrogens with zero attached hydrogens (tertiary/aromatic N) is 3. The number of methoxy groups -OCH3 is 3. The summed E-state index contributed by atoms with van der Waals surface area (Å²) in [6, 6.07) is 9.77. The molecular weight excluding hydrogens is 522 g/mol. The van der Waals surface area contributed by atoms with Crippen LogP contribution in [0.3, 0.4) is 0 Å². The van der Waals surface area contributed by atoms with Crippen molar-refractivity contribution in [3.05, 3.63) is 78.5 Å². The molecule has 1 atom stereocenters. The highest BCUT2D eigenvalue weighted by Gasteiger charge is 2.37. The lowest BCUT2D eigenvalue weighted by atomic mass is 9.95. The number of ether oxygens (including phenoxy) is 4. The lowest BCUT2D eigenvalue weighted by molar-refractivity contribution is -0.139. The maximum atomic E-state index is 14.2. The van der Waals surface area contributed by atoms with Crippen LogP contribution in [0.2, 0.25) is 0 Å².